The fourth-order valence-electron chi connectivity index (χ4n) is 1.40. The molecule has 0 saturated heterocycles. The highest BCUT2D eigenvalue weighted by Gasteiger charge is 2.04. The summed E-state index contributed by atoms with van der Waals surface area (Å²) in [5.74, 6) is 0. The molecule has 2 heterocycles. The first kappa shape index (κ1) is 14.6. The maximum Gasteiger partial charge on any atom is 0.137 e. The molecule has 1 N–H and O–H groups in total. The minimum Gasteiger partial charge on any atom is -0.308 e. The zero-order valence-electron chi connectivity index (χ0n) is 9.34. The van der Waals surface area contributed by atoms with Gasteiger partial charge in [-0.3, -0.25) is 4.68 Å². The quantitative estimate of drug-likeness (QED) is 0.912. The predicted octanol–water partition coefficient (Wildman–Crippen LogP) is 2.70. The highest BCUT2D eigenvalue weighted by molar-refractivity contribution is 9.11. The molecule has 4 nitrogen and oxygen atoms in total. The van der Waals surface area contributed by atoms with Crippen molar-refractivity contribution in [2.75, 3.05) is 0 Å². The highest BCUT2D eigenvalue weighted by atomic mass is 79.9. The molecule has 2 aromatic rings. The molecule has 0 spiro atoms. The summed E-state index contributed by atoms with van der Waals surface area (Å²) in [7, 11) is 0. The molecule has 0 aliphatic rings. The van der Waals surface area contributed by atoms with E-state index in [9.17, 15) is 0 Å². The monoisotopic (exact) mass is 336 g/mol. The van der Waals surface area contributed by atoms with Gasteiger partial charge in [0.2, 0.25) is 0 Å². The van der Waals surface area contributed by atoms with Gasteiger partial charge in [0, 0.05) is 12.6 Å². The molecule has 17 heavy (non-hydrogen) atoms. The van der Waals surface area contributed by atoms with Gasteiger partial charge in [0.1, 0.15) is 12.7 Å². The Labute approximate surface area is 119 Å². The number of hydrogen-bond acceptors (Lipinski definition) is 4. The number of rotatable bonds is 5. The van der Waals surface area contributed by atoms with Gasteiger partial charge in [-0.2, -0.15) is 5.10 Å². The van der Waals surface area contributed by atoms with Gasteiger partial charge in [0.15, 0.2) is 0 Å². The normalized spacial score (nSPS) is 12.1. The Hall–Kier alpha value is -0.430. The van der Waals surface area contributed by atoms with E-state index in [1.54, 1.807) is 24.0 Å². The second-order valence-electron chi connectivity index (χ2n) is 3.66. The molecule has 1 unspecified atom stereocenters. The van der Waals surface area contributed by atoms with Crippen molar-refractivity contribution >= 4 is 39.7 Å². The first-order valence-corrected chi connectivity index (χ1v) is 6.70. The lowest BCUT2D eigenvalue weighted by Gasteiger charge is -2.12. The maximum absolute atomic E-state index is 4.08. The average molecular weight is 338 g/mol. The summed E-state index contributed by atoms with van der Waals surface area (Å²) < 4.78 is 3.01. The topological polar surface area (TPSA) is 42.7 Å². The number of aromatic nitrogens is 3. The van der Waals surface area contributed by atoms with Gasteiger partial charge in [-0.1, -0.05) is 0 Å². The summed E-state index contributed by atoms with van der Waals surface area (Å²) in [5, 5.41) is 9.68. The Bertz CT molecular complexity index is 431. The Morgan fingerprint density at radius 2 is 2.41 bits per heavy atom. The van der Waals surface area contributed by atoms with Crippen LogP contribution in [-0.4, -0.2) is 20.8 Å². The van der Waals surface area contributed by atoms with E-state index in [4.69, 9.17) is 0 Å². The summed E-state index contributed by atoms with van der Waals surface area (Å²) in [6.45, 7) is 3.87. The van der Waals surface area contributed by atoms with Gasteiger partial charge < -0.3 is 5.32 Å². The third kappa shape index (κ3) is 4.75. The van der Waals surface area contributed by atoms with E-state index in [0.29, 0.717) is 6.04 Å². The van der Waals surface area contributed by atoms with Crippen LogP contribution in [0, 0.1) is 0 Å². The number of thiophene rings is 1. The zero-order chi connectivity index (χ0) is 11.4. The molecule has 0 aliphatic heterocycles. The first-order valence-electron chi connectivity index (χ1n) is 5.03. The van der Waals surface area contributed by atoms with Crippen LogP contribution in [0.25, 0.3) is 0 Å². The molecule has 0 aliphatic carbocycles. The summed E-state index contributed by atoms with van der Waals surface area (Å²) in [5.41, 5.74) is 1.31. The smallest absolute Gasteiger partial charge is 0.137 e. The molecule has 2 aromatic heterocycles. The van der Waals surface area contributed by atoms with E-state index in [0.717, 1.165) is 13.1 Å². The fourth-order valence-corrected chi connectivity index (χ4v) is 2.61. The summed E-state index contributed by atoms with van der Waals surface area (Å²) in [4.78, 5) is 3.92. The molecule has 7 heteroatoms. The van der Waals surface area contributed by atoms with E-state index in [1.807, 2.05) is 4.68 Å². The Morgan fingerprint density at radius 3 is 3.00 bits per heavy atom. The molecule has 0 aromatic carbocycles. The maximum atomic E-state index is 4.08. The molecular formula is C10H14BrClN4S. The van der Waals surface area contributed by atoms with Crippen molar-refractivity contribution in [2.45, 2.75) is 26.1 Å². The van der Waals surface area contributed by atoms with Crippen molar-refractivity contribution < 1.29 is 0 Å². The zero-order valence-corrected chi connectivity index (χ0v) is 12.6. The van der Waals surface area contributed by atoms with Gasteiger partial charge in [0.05, 0.1) is 10.3 Å². The third-order valence-electron chi connectivity index (χ3n) is 2.20. The Morgan fingerprint density at radius 1 is 1.59 bits per heavy atom. The van der Waals surface area contributed by atoms with Crippen LogP contribution in [0.5, 0.6) is 0 Å². The van der Waals surface area contributed by atoms with Crippen molar-refractivity contribution in [3.8, 4) is 0 Å². The molecule has 0 amide bonds. The molecule has 0 saturated carbocycles. The number of hydrogen-bond donors (Lipinski definition) is 1. The van der Waals surface area contributed by atoms with Crippen LogP contribution >= 0.6 is 39.7 Å². The first-order chi connectivity index (χ1) is 7.74. The van der Waals surface area contributed by atoms with Crippen LogP contribution in [-0.2, 0) is 13.1 Å². The minimum absolute atomic E-state index is 0. The lowest BCUT2D eigenvalue weighted by atomic mass is 10.3. The largest absolute Gasteiger partial charge is 0.308 e. The average Bonchev–Trinajstić information content (AvgIpc) is 2.87. The second kappa shape index (κ2) is 7.10. The molecule has 0 fully saturated rings. The van der Waals surface area contributed by atoms with Crippen molar-refractivity contribution in [1.29, 1.82) is 0 Å². The van der Waals surface area contributed by atoms with Crippen LogP contribution < -0.4 is 5.32 Å². The van der Waals surface area contributed by atoms with E-state index in [2.05, 4.69) is 49.7 Å². The third-order valence-corrected chi connectivity index (χ3v) is 3.76. The van der Waals surface area contributed by atoms with Crippen molar-refractivity contribution in [3.63, 3.8) is 0 Å². The van der Waals surface area contributed by atoms with Crippen molar-refractivity contribution in [2.24, 2.45) is 0 Å². The molecular weight excluding hydrogens is 324 g/mol. The van der Waals surface area contributed by atoms with Gasteiger partial charge in [-0.15, -0.1) is 23.7 Å². The minimum atomic E-state index is 0. The van der Waals surface area contributed by atoms with Crippen LogP contribution in [0.15, 0.2) is 27.9 Å². The molecule has 2 rings (SSSR count). The van der Waals surface area contributed by atoms with Crippen molar-refractivity contribution in [3.05, 3.63) is 33.5 Å². The Kier molecular flexibility index (Phi) is 6.11. The Balaban J connectivity index is 0.00000144. The lowest BCUT2D eigenvalue weighted by molar-refractivity contribution is 0.450. The van der Waals surface area contributed by atoms with E-state index in [1.165, 1.54) is 9.35 Å². The van der Waals surface area contributed by atoms with Gasteiger partial charge in [0.25, 0.3) is 0 Å². The van der Waals surface area contributed by atoms with Gasteiger partial charge in [-0.05, 0) is 39.9 Å². The number of nitrogens with one attached hydrogen (secondary N) is 1. The number of nitrogens with zero attached hydrogens (tertiary/aromatic N) is 3. The number of halogens is 2. The van der Waals surface area contributed by atoms with Crippen LogP contribution in [0.4, 0.5) is 0 Å². The standard InChI is InChI=1S/C10H13BrN4S.ClH/c1-8(4-15-7-12-6-14-15)13-3-9-2-10(11)16-5-9;/h2,5-8,13H,3-4H2,1H3;1H. The molecule has 0 radical (unpaired) electrons. The van der Waals surface area contributed by atoms with Crippen LogP contribution in [0.1, 0.15) is 12.5 Å². The molecule has 0 bridgehead atoms. The lowest BCUT2D eigenvalue weighted by Crippen LogP contribution is -2.29. The van der Waals surface area contributed by atoms with E-state index >= 15 is 0 Å². The SMILES string of the molecule is CC(Cn1cncn1)NCc1csc(Br)c1.Cl. The van der Waals surface area contributed by atoms with Gasteiger partial charge >= 0.3 is 0 Å². The summed E-state index contributed by atoms with van der Waals surface area (Å²) >= 11 is 5.17. The molecule has 94 valence electrons. The summed E-state index contributed by atoms with van der Waals surface area (Å²) in [6, 6.07) is 2.51. The van der Waals surface area contributed by atoms with Gasteiger partial charge in [-0.25, -0.2) is 4.98 Å². The second-order valence-corrected chi connectivity index (χ2v) is 5.95. The summed E-state index contributed by atoms with van der Waals surface area (Å²) in [6.07, 6.45) is 3.29. The van der Waals surface area contributed by atoms with Crippen LogP contribution in [0.3, 0.4) is 0 Å². The van der Waals surface area contributed by atoms with E-state index < -0.39 is 0 Å². The molecule has 1 atom stereocenters. The highest BCUT2D eigenvalue weighted by Crippen LogP contribution is 2.20. The fraction of sp³-hybridized carbons (Fsp3) is 0.400. The van der Waals surface area contributed by atoms with E-state index in [-0.39, 0.29) is 12.4 Å². The van der Waals surface area contributed by atoms with Crippen molar-refractivity contribution in [1.82, 2.24) is 20.1 Å². The van der Waals surface area contributed by atoms with Crippen LogP contribution in [0.2, 0.25) is 0 Å². The predicted molar refractivity (Wildman–Crippen MR) is 75.6 cm³/mol.